The van der Waals surface area contributed by atoms with Crippen LogP contribution in [0.1, 0.15) is 79.1 Å². The Morgan fingerprint density at radius 1 is 0.870 bits per heavy atom. The number of allylic oxidation sites excluding steroid dienone is 2. The summed E-state index contributed by atoms with van der Waals surface area (Å²) in [5, 5.41) is 0. The summed E-state index contributed by atoms with van der Waals surface area (Å²) in [7, 11) is 0. The molecule has 23 heavy (non-hydrogen) atoms. The average Bonchev–Trinajstić information content (AvgIpc) is 2.54. The van der Waals surface area contributed by atoms with Gasteiger partial charge in [-0.2, -0.15) is 0 Å². The van der Waals surface area contributed by atoms with Crippen LogP contribution in [0.25, 0.3) is 0 Å². The molecule has 2 unspecified atom stereocenters. The Morgan fingerprint density at radius 3 is 1.70 bits per heavy atom. The molecule has 136 valence electrons. The molecule has 0 aromatic heterocycles. The first kappa shape index (κ1) is 21.9. The van der Waals surface area contributed by atoms with Gasteiger partial charge < -0.3 is 16.4 Å². The molecule has 0 amide bonds. The van der Waals surface area contributed by atoms with Gasteiger partial charge in [-0.25, -0.2) is 0 Å². The Morgan fingerprint density at radius 2 is 1.35 bits per heavy atom. The zero-order valence-electron chi connectivity index (χ0n) is 16.1. The molecule has 0 aliphatic rings. The van der Waals surface area contributed by atoms with Crippen LogP contribution < -0.4 is 11.5 Å². The molecule has 0 aliphatic carbocycles. The Hall–Kier alpha value is -1.12. The fraction of sp³-hybridized carbons (Fsp3) is 0.800. The molecule has 0 fully saturated rings. The van der Waals surface area contributed by atoms with Crippen LogP contribution in [0.4, 0.5) is 0 Å². The fourth-order valence-electron chi connectivity index (χ4n) is 2.97. The third-order valence-electron chi connectivity index (χ3n) is 4.66. The molecule has 0 saturated carbocycles. The molecule has 3 heteroatoms. The number of unbranched alkanes of at least 4 members (excludes halogenated alkanes) is 2. The summed E-state index contributed by atoms with van der Waals surface area (Å²) in [4.78, 5) is 2.49. The van der Waals surface area contributed by atoms with Crippen LogP contribution >= 0.6 is 0 Å². The van der Waals surface area contributed by atoms with Crippen LogP contribution in [0.3, 0.4) is 0 Å². The molecular weight excluding hydrogens is 282 g/mol. The van der Waals surface area contributed by atoms with E-state index in [-0.39, 0.29) is 0 Å². The molecular formula is C20H41N3. The minimum Gasteiger partial charge on any atom is -0.386 e. The first-order valence-corrected chi connectivity index (χ1v) is 9.70. The van der Waals surface area contributed by atoms with Gasteiger partial charge in [-0.15, -0.1) is 0 Å². The SMILES string of the molecule is CCCCC(CC)CN(/C=C/C=C(N)N)CC(CC)CCCC. The minimum absolute atomic E-state index is 0.372. The molecule has 0 aromatic carbocycles. The summed E-state index contributed by atoms with van der Waals surface area (Å²) in [6.07, 6.45) is 16.4. The van der Waals surface area contributed by atoms with E-state index in [1.807, 2.05) is 6.08 Å². The van der Waals surface area contributed by atoms with Crippen molar-refractivity contribution in [2.45, 2.75) is 79.1 Å². The second-order valence-corrected chi connectivity index (χ2v) is 6.80. The van der Waals surface area contributed by atoms with Gasteiger partial charge in [0.1, 0.15) is 0 Å². The van der Waals surface area contributed by atoms with E-state index in [2.05, 4.69) is 38.8 Å². The Bertz CT molecular complexity index is 301. The van der Waals surface area contributed by atoms with Crippen LogP contribution in [0, 0.1) is 11.8 Å². The summed E-state index contributed by atoms with van der Waals surface area (Å²) < 4.78 is 0. The van der Waals surface area contributed by atoms with Crippen LogP contribution in [0.2, 0.25) is 0 Å². The first-order chi connectivity index (χ1) is 11.1. The lowest BCUT2D eigenvalue weighted by Gasteiger charge is -2.29. The van der Waals surface area contributed by atoms with Crippen molar-refractivity contribution < 1.29 is 0 Å². The van der Waals surface area contributed by atoms with Gasteiger partial charge in [0.05, 0.1) is 5.82 Å². The van der Waals surface area contributed by atoms with Gasteiger partial charge in [0.15, 0.2) is 0 Å². The quantitative estimate of drug-likeness (QED) is 0.443. The number of hydrogen-bond acceptors (Lipinski definition) is 3. The third-order valence-corrected chi connectivity index (χ3v) is 4.66. The molecule has 0 radical (unpaired) electrons. The smallest absolute Gasteiger partial charge is 0.0934 e. The van der Waals surface area contributed by atoms with E-state index in [4.69, 9.17) is 11.5 Å². The molecule has 0 heterocycles. The molecule has 0 bridgehead atoms. The maximum absolute atomic E-state index is 5.53. The second kappa shape index (κ2) is 14.5. The lowest BCUT2D eigenvalue weighted by atomic mass is 9.96. The number of rotatable bonds is 14. The van der Waals surface area contributed by atoms with E-state index >= 15 is 0 Å². The maximum atomic E-state index is 5.53. The highest BCUT2D eigenvalue weighted by atomic mass is 15.1. The van der Waals surface area contributed by atoms with E-state index in [0.29, 0.717) is 5.82 Å². The van der Waals surface area contributed by atoms with Gasteiger partial charge in [0, 0.05) is 13.1 Å². The summed E-state index contributed by atoms with van der Waals surface area (Å²) in [6, 6.07) is 0. The highest BCUT2D eigenvalue weighted by molar-refractivity contribution is 5.06. The van der Waals surface area contributed by atoms with E-state index in [1.165, 1.54) is 51.4 Å². The average molecular weight is 324 g/mol. The van der Waals surface area contributed by atoms with Crippen molar-refractivity contribution in [3.63, 3.8) is 0 Å². The Labute approximate surface area is 145 Å². The van der Waals surface area contributed by atoms with Gasteiger partial charge in [0.2, 0.25) is 0 Å². The number of hydrogen-bond donors (Lipinski definition) is 2. The predicted molar refractivity (Wildman–Crippen MR) is 104 cm³/mol. The molecule has 0 rings (SSSR count). The second-order valence-electron chi connectivity index (χ2n) is 6.80. The topological polar surface area (TPSA) is 55.3 Å². The van der Waals surface area contributed by atoms with Crippen LogP contribution in [-0.4, -0.2) is 18.0 Å². The van der Waals surface area contributed by atoms with Gasteiger partial charge in [-0.1, -0.05) is 66.2 Å². The standard InChI is InChI=1S/C20H41N3/c1-5-9-12-18(7-3)16-23(15-11-14-20(21)22)17-19(8-4)13-10-6-2/h11,14-15,18-19H,5-10,12-13,16-17,21-22H2,1-4H3/b15-11+. The monoisotopic (exact) mass is 323 g/mol. The van der Waals surface area contributed by atoms with Gasteiger partial charge >= 0.3 is 0 Å². The van der Waals surface area contributed by atoms with Crippen molar-refractivity contribution in [2.75, 3.05) is 13.1 Å². The van der Waals surface area contributed by atoms with Gasteiger partial charge in [-0.05, 0) is 43.0 Å². The number of nitrogens with two attached hydrogens (primary N) is 2. The zero-order chi connectivity index (χ0) is 17.5. The Kier molecular flexibility index (Phi) is 13.8. The first-order valence-electron chi connectivity index (χ1n) is 9.70. The minimum atomic E-state index is 0.372. The van der Waals surface area contributed by atoms with Crippen LogP contribution in [0.15, 0.2) is 24.2 Å². The van der Waals surface area contributed by atoms with Crippen molar-refractivity contribution in [1.29, 1.82) is 0 Å². The van der Waals surface area contributed by atoms with Crippen molar-refractivity contribution >= 4 is 0 Å². The molecule has 0 spiro atoms. The summed E-state index contributed by atoms with van der Waals surface area (Å²) >= 11 is 0. The van der Waals surface area contributed by atoms with Crippen molar-refractivity contribution in [3.05, 3.63) is 24.2 Å². The zero-order valence-corrected chi connectivity index (χ0v) is 16.1. The van der Waals surface area contributed by atoms with Crippen molar-refractivity contribution in [3.8, 4) is 0 Å². The van der Waals surface area contributed by atoms with Gasteiger partial charge in [-0.3, -0.25) is 0 Å². The molecule has 4 N–H and O–H groups in total. The third kappa shape index (κ3) is 12.0. The van der Waals surface area contributed by atoms with Gasteiger partial charge in [0.25, 0.3) is 0 Å². The van der Waals surface area contributed by atoms with E-state index < -0.39 is 0 Å². The molecule has 3 nitrogen and oxygen atoms in total. The van der Waals surface area contributed by atoms with E-state index in [0.717, 1.165) is 24.9 Å². The lowest BCUT2D eigenvalue weighted by molar-refractivity contribution is 0.239. The maximum Gasteiger partial charge on any atom is 0.0934 e. The lowest BCUT2D eigenvalue weighted by Crippen LogP contribution is -2.30. The highest BCUT2D eigenvalue weighted by Crippen LogP contribution is 2.19. The summed E-state index contributed by atoms with van der Waals surface area (Å²) in [5.74, 6) is 1.93. The molecule has 0 aromatic rings. The normalized spacial score (nSPS) is 13.9. The number of nitrogens with zero attached hydrogens (tertiary/aromatic N) is 1. The molecule has 2 atom stereocenters. The Balaban J connectivity index is 4.76. The van der Waals surface area contributed by atoms with Crippen molar-refractivity contribution in [1.82, 2.24) is 4.90 Å². The largest absolute Gasteiger partial charge is 0.386 e. The predicted octanol–water partition coefficient (Wildman–Crippen LogP) is 4.99. The van der Waals surface area contributed by atoms with E-state index in [1.54, 1.807) is 6.08 Å². The molecule has 0 aliphatic heterocycles. The summed E-state index contributed by atoms with van der Waals surface area (Å²) in [5.41, 5.74) is 11.1. The fourth-order valence-corrected chi connectivity index (χ4v) is 2.97. The molecule has 0 saturated heterocycles. The van der Waals surface area contributed by atoms with E-state index in [9.17, 15) is 0 Å². The highest BCUT2D eigenvalue weighted by Gasteiger charge is 2.14. The van der Waals surface area contributed by atoms with Crippen LogP contribution in [-0.2, 0) is 0 Å². The summed E-state index contributed by atoms with van der Waals surface area (Å²) in [6.45, 7) is 11.5. The van der Waals surface area contributed by atoms with Crippen LogP contribution in [0.5, 0.6) is 0 Å². The van der Waals surface area contributed by atoms with Crippen molar-refractivity contribution in [2.24, 2.45) is 23.3 Å².